The van der Waals surface area contributed by atoms with Crippen LogP contribution in [0.1, 0.15) is 11.1 Å². The molecule has 0 fully saturated rings. The monoisotopic (exact) mass is 386 g/mol. The van der Waals surface area contributed by atoms with Gasteiger partial charge in [-0.2, -0.15) is 0 Å². The molecule has 4 nitrogen and oxygen atoms in total. The molecule has 2 aromatic carbocycles. The number of carbonyl (C=O) groups excluding carboxylic acids is 1. The largest absolute Gasteiger partial charge is 0.513 e. The highest BCUT2D eigenvalue weighted by atomic mass is 79.9. The molecule has 0 N–H and O–H groups in total. The van der Waals surface area contributed by atoms with Gasteiger partial charge in [0.05, 0.1) is 17.1 Å². The molecule has 0 atom stereocenters. The van der Waals surface area contributed by atoms with Crippen molar-refractivity contribution in [2.75, 3.05) is 7.11 Å². The Balaban J connectivity index is 2.23. The summed E-state index contributed by atoms with van der Waals surface area (Å²) in [5.74, 6) is -0.876. The van der Waals surface area contributed by atoms with Gasteiger partial charge in [-0.25, -0.2) is 13.6 Å². The van der Waals surface area contributed by atoms with E-state index >= 15 is 0 Å². The van der Waals surface area contributed by atoms with Crippen molar-refractivity contribution >= 4 is 22.1 Å². The van der Waals surface area contributed by atoms with E-state index in [9.17, 15) is 13.6 Å². The van der Waals surface area contributed by atoms with Gasteiger partial charge in [-0.3, -0.25) is 0 Å². The van der Waals surface area contributed by atoms with E-state index in [2.05, 4.69) is 20.7 Å². The number of hydrogen-bond donors (Lipinski definition) is 0. The molecule has 0 bridgehead atoms. The first-order valence-corrected chi connectivity index (χ1v) is 7.33. The van der Waals surface area contributed by atoms with Crippen LogP contribution < -0.4 is 9.47 Å². The van der Waals surface area contributed by atoms with E-state index in [1.54, 1.807) is 13.0 Å². The molecule has 0 radical (unpaired) electrons. The molecule has 0 heterocycles. The molecule has 0 unspecified atom stereocenters. The molecule has 2 aromatic rings. The number of hydrogen-bond acceptors (Lipinski definition) is 4. The molecule has 0 aliphatic rings. The van der Waals surface area contributed by atoms with Crippen molar-refractivity contribution in [3.63, 3.8) is 0 Å². The van der Waals surface area contributed by atoms with Gasteiger partial charge in [0.2, 0.25) is 0 Å². The highest BCUT2D eigenvalue weighted by molar-refractivity contribution is 9.10. The zero-order chi connectivity index (χ0) is 17.0. The van der Waals surface area contributed by atoms with Crippen LogP contribution in [0.25, 0.3) is 0 Å². The van der Waals surface area contributed by atoms with Crippen LogP contribution in [-0.2, 0) is 11.3 Å². The lowest BCUT2D eigenvalue weighted by Gasteiger charge is -2.13. The number of carbonyl (C=O) groups is 1. The number of aryl methyl sites for hydroxylation is 1. The number of methoxy groups -OCH3 is 1. The summed E-state index contributed by atoms with van der Waals surface area (Å²) in [5.41, 5.74) is 0.468. The topological polar surface area (TPSA) is 44.8 Å². The van der Waals surface area contributed by atoms with Crippen molar-refractivity contribution in [1.82, 2.24) is 0 Å². The molecule has 0 spiro atoms. The summed E-state index contributed by atoms with van der Waals surface area (Å²) in [4.78, 5) is 11.2. The molecule has 0 aliphatic heterocycles. The maximum atomic E-state index is 14.0. The quantitative estimate of drug-likeness (QED) is 0.561. The Morgan fingerprint density at radius 1 is 1.17 bits per heavy atom. The van der Waals surface area contributed by atoms with E-state index in [1.807, 2.05) is 0 Å². The molecule has 0 saturated heterocycles. The zero-order valence-electron chi connectivity index (χ0n) is 12.4. The summed E-state index contributed by atoms with van der Waals surface area (Å²) in [5, 5.41) is 0. The molecule has 122 valence electrons. The number of ether oxygens (including phenoxy) is 3. The lowest BCUT2D eigenvalue weighted by atomic mass is 10.2. The Hall–Kier alpha value is -2.15. The molecule has 7 heteroatoms. The fraction of sp³-hybridized carbons (Fsp3) is 0.188. The Labute approximate surface area is 140 Å². The fourth-order valence-corrected chi connectivity index (χ4v) is 2.37. The van der Waals surface area contributed by atoms with Gasteiger partial charge < -0.3 is 14.2 Å². The molecule has 23 heavy (non-hydrogen) atoms. The molecule has 0 amide bonds. The fourth-order valence-electron chi connectivity index (χ4n) is 1.79. The number of halogens is 3. The summed E-state index contributed by atoms with van der Waals surface area (Å²) in [6.45, 7) is 1.36. The minimum Gasteiger partial charge on any atom is -0.487 e. The van der Waals surface area contributed by atoms with Crippen molar-refractivity contribution in [3.05, 3.63) is 57.6 Å². The van der Waals surface area contributed by atoms with Crippen LogP contribution in [0.15, 0.2) is 34.8 Å². The van der Waals surface area contributed by atoms with E-state index < -0.39 is 17.8 Å². The number of rotatable bonds is 4. The van der Waals surface area contributed by atoms with Crippen molar-refractivity contribution in [1.29, 1.82) is 0 Å². The van der Waals surface area contributed by atoms with Crippen LogP contribution in [0.5, 0.6) is 11.5 Å². The Kier molecular flexibility index (Phi) is 5.54. The lowest BCUT2D eigenvalue weighted by molar-refractivity contribution is 0.120. The maximum Gasteiger partial charge on any atom is 0.513 e. The minimum absolute atomic E-state index is 0.0192. The highest BCUT2D eigenvalue weighted by Gasteiger charge is 2.15. The van der Waals surface area contributed by atoms with Gasteiger partial charge in [-0.15, -0.1) is 0 Å². The summed E-state index contributed by atoms with van der Waals surface area (Å²) >= 11 is 3.25. The van der Waals surface area contributed by atoms with Crippen molar-refractivity contribution < 1.29 is 27.8 Å². The predicted molar refractivity (Wildman–Crippen MR) is 82.6 cm³/mol. The zero-order valence-corrected chi connectivity index (χ0v) is 13.9. The lowest BCUT2D eigenvalue weighted by Crippen LogP contribution is -2.11. The van der Waals surface area contributed by atoms with E-state index in [0.717, 1.165) is 7.11 Å². The molecule has 0 aliphatic carbocycles. The maximum absolute atomic E-state index is 14.0. The smallest absolute Gasteiger partial charge is 0.487 e. The standard InChI is InChI=1S/C16H13BrF2O4/c1-9-6-11(17)15(7-13(9)19)22-8-10-12(18)4-3-5-14(10)23-16(20)21-2/h3-7H,8H2,1-2H3. The average Bonchev–Trinajstić information content (AvgIpc) is 2.51. The number of benzene rings is 2. The molecule has 2 rings (SSSR count). The van der Waals surface area contributed by atoms with Gasteiger partial charge in [0.1, 0.15) is 29.7 Å². The van der Waals surface area contributed by atoms with Crippen LogP contribution >= 0.6 is 15.9 Å². The highest BCUT2D eigenvalue weighted by Crippen LogP contribution is 2.30. The molecular weight excluding hydrogens is 374 g/mol. The van der Waals surface area contributed by atoms with Gasteiger partial charge >= 0.3 is 6.16 Å². The third kappa shape index (κ3) is 4.19. The predicted octanol–water partition coefficient (Wildman–Crippen LogP) is 4.76. The summed E-state index contributed by atoms with van der Waals surface area (Å²) in [6.07, 6.45) is -0.973. The van der Waals surface area contributed by atoms with Gasteiger partial charge in [0.15, 0.2) is 0 Å². The van der Waals surface area contributed by atoms with Gasteiger partial charge in [0, 0.05) is 6.07 Å². The normalized spacial score (nSPS) is 10.3. The van der Waals surface area contributed by atoms with E-state index in [1.165, 1.54) is 24.3 Å². The van der Waals surface area contributed by atoms with Crippen LogP contribution in [0, 0.1) is 18.6 Å². The first kappa shape index (κ1) is 17.2. The Morgan fingerprint density at radius 3 is 2.61 bits per heavy atom. The third-order valence-electron chi connectivity index (χ3n) is 3.02. The van der Waals surface area contributed by atoms with Gasteiger partial charge in [-0.1, -0.05) is 6.07 Å². The minimum atomic E-state index is -0.973. The first-order valence-electron chi connectivity index (χ1n) is 6.54. The van der Waals surface area contributed by atoms with Crippen molar-refractivity contribution in [2.24, 2.45) is 0 Å². The first-order chi connectivity index (χ1) is 10.9. The third-order valence-corrected chi connectivity index (χ3v) is 3.64. The van der Waals surface area contributed by atoms with E-state index in [4.69, 9.17) is 9.47 Å². The van der Waals surface area contributed by atoms with Crippen molar-refractivity contribution in [2.45, 2.75) is 13.5 Å². The van der Waals surface area contributed by atoms with Gasteiger partial charge in [-0.05, 0) is 46.6 Å². The second kappa shape index (κ2) is 7.41. The Morgan fingerprint density at radius 2 is 1.91 bits per heavy atom. The summed E-state index contributed by atoms with van der Waals surface area (Å²) < 4.78 is 42.8. The summed E-state index contributed by atoms with van der Waals surface area (Å²) in [6, 6.07) is 6.74. The molecular formula is C16H13BrF2O4. The second-order valence-corrected chi connectivity index (χ2v) is 5.45. The summed E-state index contributed by atoms with van der Waals surface area (Å²) in [7, 11) is 1.14. The van der Waals surface area contributed by atoms with Crippen molar-refractivity contribution in [3.8, 4) is 11.5 Å². The van der Waals surface area contributed by atoms with Gasteiger partial charge in [0.25, 0.3) is 0 Å². The molecule has 0 saturated carbocycles. The average molecular weight is 387 g/mol. The van der Waals surface area contributed by atoms with E-state index in [-0.39, 0.29) is 23.7 Å². The Bertz CT molecular complexity index is 734. The molecule has 0 aromatic heterocycles. The second-order valence-electron chi connectivity index (χ2n) is 4.59. The van der Waals surface area contributed by atoms with E-state index in [0.29, 0.717) is 10.0 Å². The van der Waals surface area contributed by atoms with Crippen LogP contribution in [0.4, 0.5) is 13.6 Å². The SMILES string of the molecule is COC(=O)Oc1cccc(F)c1COc1cc(F)c(C)cc1Br. The van der Waals surface area contributed by atoms with Crippen LogP contribution in [-0.4, -0.2) is 13.3 Å². The van der Waals surface area contributed by atoms with Crippen LogP contribution in [0.3, 0.4) is 0 Å². The van der Waals surface area contributed by atoms with Crippen LogP contribution in [0.2, 0.25) is 0 Å².